The fraction of sp³-hybridized carbons (Fsp3) is 0.200. The van der Waals surface area contributed by atoms with Crippen LogP contribution in [0, 0.1) is 0 Å². The molecule has 0 aromatic heterocycles. The van der Waals surface area contributed by atoms with Crippen molar-refractivity contribution in [1.29, 1.82) is 0 Å². The van der Waals surface area contributed by atoms with Gasteiger partial charge >= 0.3 is 6.09 Å². The number of carbonyl (C=O) groups is 2. The molecule has 0 aliphatic carbocycles. The van der Waals surface area contributed by atoms with E-state index in [4.69, 9.17) is 5.11 Å². The van der Waals surface area contributed by atoms with Crippen LogP contribution < -0.4 is 10.6 Å². The highest BCUT2D eigenvalue weighted by atomic mass is 16.5. The van der Waals surface area contributed by atoms with Crippen molar-refractivity contribution >= 4 is 17.7 Å². The summed E-state index contributed by atoms with van der Waals surface area (Å²) in [6, 6.07) is 5.99. The lowest BCUT2D eigenvalue weighted by Gasteiger charge is -2.05. The molecular weight excluding hydrogens is 212 g/mol. The first-order chi connectivity index (χ1) is 7.61. The van der Waals surface area contributed by atoms with Crippen molar-refractivity contribution < 1.29 is 19.4 Å². The number of hydrogen-bond donors (Lipinski definition) is 3. The molecule has 6 nitrogen and oxygen atoms in total. The summed E-state index contributed by atoms with van der Waals surface area (Å²) in [4.78, 5) is 21.9. The molecule has 0 bridgehead atoms. The SMILES string of the molecule is COC(=O)NCC(=O)Nc1ccc(O)cc1. The van der Waals surface area contributed by atoms with Gasteiger partial charge in [-0.25, -0.2) is 4.79 Å². The number of phenolic OH excluding ortho intramolecular Hbond substituents is 1. The molecule has 0 heterocycles. The Morgan fingerprint density at radius 3 is 2.50 bits per heavy atom. The molecule has 1 rings (SSSR count). The Balaban J connectivity index is 2.40. The Kier molecular flexibility index (Phi) is 4.14. The minimum Gasteiger partial charge on any atom is -0.508 e. The molecule has 0 radical (unpaired) electrons. The topological polar surface area (TPSA) is 87.7 Å². The summed E-state index contributed by atoms with van der Waals surface area (Å²) in [5.41, 5.74) is 0.537. The first-order valence-corrected chi connectivity index (χ1v) is 4.52. The monoisotopic (exact) mass is 224 g/mol. The van der Waals surface area contributed by atoms with E-state index < -0.39 is 6.09 Å². The van der Waals surface area contributed by atoms with Crippen LogP contribution in [0.4, 0.5) is 10.5 Å². The molecule has 0 unspecified atom stereocenters. The van der Waals surface area contributed by atoms with Gasteiger partial charge < -0.3 is 20.5 Å². The first kappa shape index (κ1) is 11.8. The van der Waals surface area contributed by atoms with Crippen LogP contribution >= 0.6 is 0 Å². The minimum absolute atomic E-state index is 0.116. The Bertz CT molecular complexity index is 375. The zero-order chi connectivity index (χ0) is 12.0. The van der Waals surface area contributed by atoms with Crippen LogP contribution in [-0.4, -0.2) is 30.8 Å². The molecule has 0 spiro atoms. The summed E-state index contributed by atoms with van der Waals surface area (Å²) >= 11 is 0. The fourth-order valence-corrected chi connectivity index (χ4v) is 0.975. The van der Waals surface area contributed by atoms with Crippen molar-refractivity contribution in [3.63, 3.8) is 0 Å². The molecule has 1 aromatic rings. The van der Waals surface area contributed by atoms with Crippen molar-refractivity contribution in [3.05, 3.63) is 24.3 Å². The van der Waals surface area contributed by atoms with E-state index in [2.05, 4.69) is 15.4 Å². The van der Waals surface area contributed by atoms with Crippen LogP contribution in [0.2, 0.25) is 0 Å². The van der Waals surface area contributed by atoms with Gasteiger partial charge in [0.15, 0.2) is 0 Å². The second-order valence-corrected chi connectivity index (χ2v) is 2.94. The van der Waals surface area contributed by atoms with Crippen molar-refractivity contribution in [1.82, 2.24) is 5.32 Å². The maximum atomic E-state index is 11.3. The van der Waals surface area contributed by atoms with Crippen LogP contribution in [0.3, 0.4) is 0 Å². The number of benzene rings is 1. The lowest BCUT2D eigenvalue weighted by atomic mass is 10.3. The molecule has 16 heavy (non-hydrogen) atoms. The van der Waals surface area contributed by atoms with Gasteiger partial charge in [0.2, 0.25) is 5.91 Å². The molecular formula is C10H12N2O4. The number of phenols is 1. The summed E-state index contributed by atoms with van der Waals surface area (Å²) < 4.78 is 4.30. The normalized spacial score (nSPS) is 9.31. The van der Waals surface area contributed by atoms with E-state index in [1.165, 1.54) is 19.2 Å². The van der Waals surface area contributed by atoms with Crippen LogP contribution in [0.15, 0.2) is 24.3 Å². The number of hydrogen-bond acceptors (Lipinski definition) is 4. The number of carbonyl (C=O) groups excluding carboxylic acids is 2. The van der Waals surface area contributed by atoms with Crippen molar-refractivity contribution in [2.75, 3.05) is 19.0 Å². The van der Waals surface area contributed by atoms with Gasteiger partial charge in [0.25, 0.3) is 0 Å². The smallest absolute Gasteiger partial charge is 0.407 e. The van der Waals surface area contributed by atoms with E-state index in [1.807, 2.05) is 0 Å². The van der Waals surface area contributed by atoms with E-state index in [0.29, 0.717) is 5.69 Å². The van der Waals surface area contributed by atoms with Crippen LogP contribution in [-0.2, 0) is 9.53 Å². The fourth-order valence-electron chi connectivity index (χ4n) is 0.975. The standard InChI is InChI=1S/C10H12N2O4/c1-16-10(15)11-6-9(14)12-7-2-4-8(13)5-3-7/h2-5,13H,6H2,1H3,(H,11,15)(H,12,14). The third-order valence-electron chi connectivity index (χ3n) is 1.73. The predicted octanol–water partition coefficient (Wildman–Crippen LogP) is 0.687. The maximum Gasteiger partial charge on any atom is 0.407 e. The minimum atomic E-state index is -0.666. The number of nitrogens with one attached hydrogen (secondary N) is 2. The summed E-state index contributed by atoms with van der Waals surface area (Å²) in [7, 11) is 1.22. The zero-order valence-electron chi connectivity index (χ0n) is 8.69. The number of amides is 2. The Hall–Kier alpha value is -2.24. The van der Waals surface area contributed by atoms with Crippen LogP contribution in [0.25, 0.3) is 0 Å². The maximum absolute atomic E-state index is 11.3. The second kappa shape index (κ2) is 5.59. The highest BCUT2D eigenvalue weighted by molar-refractivity contribution is 5.93. The van der Waals surface area contributed by atoms with Gasteiger partial charge in [0.1, 0.15) is 12.3 Å². The zero-order valence-corrected chi connectivity index (χ0v) is 8.69. The average molecular weight is 224 g/mol. The van der Waals surface area contributed by atoms with Gasteiger partial charge in [-0.15, -0.1) is 0 Å². The third-order valence-corrected chi connectivity index (χ3v) is 1.73. The molecule has 0 aliphatic heterocycles. The lowest BCUT2D eigenvalue weighted by molar-refractivity contribution is -0.115. The van der Waals surface area contributed by atoms with E-state index in [0.717, 1.165) is 0 Å². The van der Waals surface area contributed by atoms with E-state index >= 15 is 0 Å². The summed E-state index contributed by atoms with van der Waals surface area (Å²) in [5, 5.41) is 13.8. The van der Waals surface area contributed by atoms with Gasteiger partial charge in [0, 0.05) is 5.69 Å². The van der Waals surface area contributed by atoms with Gasteiger partial charge in [-0.2, -0.15) is 0 Å². The van der Waals surface area contributed by atoms with Crippen LogP contribution in [0.1, 0.15) is 0 Å². The molecule has 1 aromatic carbocycles. The first-order valence-electron chi connectivity index (χ1n) is 4.52. The van der Waals surface area contributed by atoms with Crippen molar-refractivity contribution in [2.45, 2.75) is 0 Å². The van der Waals surface area contributed by atoms with Gasteiger partial charge in [-0.3, -0.25) is 4.79 Å². The lowest BCUT2D eigenvalue weighted by Crippen LogP contribution is -2.32. The van der Waals surface area contributed by atoms with Gasteiger partial charge in [-0.05, 0) is 24.3 Å². The molecule has 86 valence electrons. The van der Waals surface area contributed by atoms with E-state index in [-0.39, 0.29) is 18.2 Å². The van der Waals surface area contributed by atoms with Crippen molar-refractivity contribution in [2.24, 2.45) is 0 Å². The molecule has 0 atom stereocenters. The molecule has 2 amide bonds. The quantitative estimate of drug-likeness (QED) is 0.659. The molecule has 6 heteroatoms. The van der Waals surface area contributed by atoms with Crippen molar-refractivity contribution in [3.8, 4) is 5.75 Å². The Morgan fingerprint density at radius 2 is 1.94 bits per heavy atom. The molecule has 0 saturated heterocycles. The highest BCUT2D eigenvalue weighted by Gasteiger charge is 2.04. The Morgan fingerprint density at radius 1 is 1.31 bits per heavy atom. The molecule has 0 aliphatic rings. The number of rotatable bonds is 3. The Labute approximate surface area is 92.2 Å². The van der Waals surface area contributed by atoms with Crippen LogP contribution in [0.5, 0.6) is 5.75 Å². The second-order valence-electron chi connectivity index (χ2n) is 2.94. The number of ether oxygens (including phenoxy) is 1. The van der Waals surface area contributed by atoms with E-state index in [1.54, 1.807) is 12.1 Å². The number of alkyl carbamates (subject to hydrolysis) is 1. The predicted molar refractivity (Wildman–Crippen MR) is 57.1 cm³/mol. The molecule has 0 fully saturated rings. The average Bonchev–Trinajstić information content (AvgIpc) is 2.29. The summed E-state index contributed by atoms with van der Waals surface area (Å²) in [6.07, 6.45) is -0.666. The van der Waals surface area contributed by atoms with Gasteiger partial charge in [-0.1, -0.05) is 0 Å². The molecule has 3 N–H and O–H groups in total. The van der Waals surface area contributed by atoms with Gasteiger partial charge in [0.05, 0.1) is 7.11 Å². The number of methoxy groups -OCH3 is 1. The summed E-state index contributed by atoms with van der Waals surface area (Å²) in [5.74, 6) is -0.262. The molecule has 0 saturated carbocycles. The van der Waals surface area contributed by atoms with E-state index in [9.17, 15) is 9.59 Å². The highest BCUT2D eigenvalue weighted by Crippen LogP contribution is 2.13. The summed E-state index contributed by atoms with van der Waals surface area (Å²) in [6.45, 7) is -0.173. The number of anilines is 1. The number of aromatic hydroxyl groups is 1. The third kappa shape index (κ3) is 3.87. The largest absolute Gasteiger partial charge is 0.508 e.